The van der Waals surface area contributed by atoms with Crippen molar-refractivity contribution in [1.29, 1.82) is 0 Å². The van der Waals surface area contributed by atoms with Crippen LogP contribution < -0.4 is 15.6 Å². The number of halogens is 2. The van der Waals surface area contributed by atoms with E-state index in [2.05, 4.69) is 15.2 Å². The molecule has 1 N–H and O–H groups in total. The number of aromatic nitrogens is 2. The van der Waals surface area contributed by atoms with Crippen LogP contribution in [0.2, 0.25) is 0 Å². The quantitative estimate of drug-likeness (QED) is 0.776. The molecule has 0 atom stereocenters. The zero-order valence-corrected chi connectivity index (χ0v) is 13.4. The first-order valence-corrected chi connectivity index (χ1v) is 7.38. The Balaban J connectivity index is 1.96. The van der Waals surface area contributed by atoms with Crippen LogP contribution in [0.25, 0.3) is 0 Å². The van der Waals surface area contributed by atoms with Crippen LogP contribution in [0.3, 0.4) is 0 Å². The van der Waals surface area contributed by atoms with E-state index in [1.165, 1.54) is 31.4 Å². The van der Waals surface area contributed by atoms with Gasteiger partial charge in [-0.2, -0.15) is 13.9 Å². The number of carbonyl (C=O) groups is 1. The van der Waals surface area contributed by atoms with E-state index in [1.54, 1.807) is 12.1 Å². The minimum Gasteiger partial charge on any atom is -0.435 e. The summed E-state index contributed by atoms with van der Waals surface area (Å²) in [6.45, 7) is -2.18. The van der Waals surface area contributed by atoms with Gasteiger partial charge in [0.05, 0.1) is 13.2 Å². The summed E-state index contributed by atoms with van der Waals surface area (Å²) in [5.41, 5.74) is 0.458. The van der Waals surface area contributed by atoms with E-state index < -0.39 is 12.5 Å². The summed E-state index contributed by atoms with van der Waals surface area (Å²) in [5, 5.41) is 6.62. The zero-order valence-electron chi connectivity index (χ0n) is 13.4. The van der Waals surface area contributed by atoms with Crippen LogP contribution in [0.4, 0.5) is 8.78 Å². The predicted octanol–water partition coefficient (Wildman–Crippen LogP) is 1.42. The van der Waals surface area contributed by atoms with E-state index >= 15 is 0 Å². The highest BCUT2D eigenvalue weighted by atomic mass is 19.3. The monoisotopic (exact) mass is 353 g/mol. The van der Waals surface area contributed by atoms with Gasteiger partial charge in [-0.1, -0.05) is 12.1 Å². The molecule has 1 aromatic heterocycles. The molecule has 0 bridgehead atoms. The number of nitrogens with one attached hydrogen (secondary N) is 1. The van der Waals surface area contributed by atoms with E-state index in [1.807, 2.05) is 0 Å². The molecule has 7 nitrogen and oxygen atoms in total. The molecule has 1 aromatic carbocycles. The molecule has 0 aliphatic heterocycles. The second-order valence-corrected chi connectivity index (χ2v) is 4.98. The first kappa shape index (κ1) is 18.5. The van der Waals surface area contributed by atoms with Gasteiger partial charge >= 0.3 is 6.61 Å². The molecule has 1 amide bonds. The fourth-order valence-electron chi connectivity index (χ4n) is 1.97. The molecule has 2 rings (SSSR count). The molecule has 134 valence electrons. The minimum absolute atomic E-state index is 0.0389. The van der Waals surface area contributed by atoms with Crippen molar-refractivity contribution in [3.05, 3.63) is 58.0 Å². The number of amides is 1. The lowest BCUT2D eigenvalue weighted by atomic mass is 10.2. The number of benzene rings is 1. The van der Waals surface area contributed by atoms with Gasteiger partial charge in [-0.3, -0.25) is 9.59 Å². The Labute approximate surface area is 142 Å². The van der Waals surface area contributed by atoms with E-state index in [4.69, 9.17) is 4.74 Å². The summed E-state index contributed by atoms with van der Waals surface area (Å²) in [6.07, 6.45) is 0. The van der Waals surface area contributed by atoms with E-state index in [9.17, 15) is 18.4 Å². The molecule has 0 spiro atoms. The van der Waals surface area contributed by atoms with Crippen molar-refractivity contribution >= 4 is 5.91 Å². The molecule has 2 aromatic rings. The van der Waals surface area contributed by atoms with Gasteiger partial charge < -0.3 is 14.8 Å². The van der Waals surface area contributed by atoms with Crippen molar-refractivity contribution in [2.75, 3.05) is 13.7 Å². The second-order valence-electron chi connectivity index (χ2n) is 4.98. The zero-order chi connectivity index (χ0) is 18.2. The number of nitrogens with zero attached hydrogens (tertiary/aromatic N) is 2. The third kappa shape index (κ3) is 5.64. The first-order valence-electron chi connectivity index (χ1n) is 7.38. The van der Waals surface area contributed by atoms with E-state index in [0.29, 0.717) is 12.2 Å². The lowest BCUT2D eigenvalue weighted by Gasteiger charge is -2.08. The highest BCUT2D eigenvalue weighted by molar-refractivity contribution is 5.91. The first-order chi connectivity index (χ1) is 12.0. The van der Waals surface area contributed by atoms with Crippen LogP contribution >= 0.6 is 0 Å². The van der Waals surface area contributed by atoms with Gasteiger partial charge in [-0.15, -0.1) is 0 Å². The Hall–Kier alpha value is -2.81. The molecule has 1 heterocycles. The maximum absolute atomic E-state index is 12.1. The van der Waals surface area contributed by atoms with Gasteiger partial charge in [0.25, 0.3) is 11.5 Å². The summed E-state index contributed by atoms with van der Waals surface area (Å²) < 4.78 is 34.4. The Kier molecular flexibility index (Phi) is 6.58. The molecular weight excluding hydrogens is 336 g/mol. The maximum atomic E-state index is 12.1. The summed E-state index contributed by atoms with van der Waals surface area (Å²) >= 11 is 0. The van der Waals surface area contributed by atoms with Crippen molar-refractivity contribution in [1.82, 2.24) is 15.1 Å². The SMILES string of the molecule is COCCn1nc(C(=O)NCc2ccc(OC(F)F)cc2)ccc1=O. The molecule has 25 heavy (non-hydrogen) atoms. The van der Waals surface area contributed by atoms with Gasteiger partial charge in [0, 0.05) is 19.7 Å². The Morgan fingerprint density at radius 1 is 1.24 bits per heavy atom. The third-order valence-corrected chi connectivity index (χ3v) is 3.21. The molecule has 0 unspecified atom stereocenters. The molecule has 0 saturated carbocycles. The van der Waals surface area contributed by atoms with Crippen molar-refractivity contribution in [2.45, 2.75) is 19.7 Å². The van der Waals surface area contributed by atoms with Gasteiger partial charge in [0.2, 0.25) is 0 Å². The molecule has 0 fully saturated rings. The number of hydrogen-bond acceptors (Lipinski definition) is 5. The van der Waals surface area contributed by atoms with Crippen LogP contribution in [0.15, 0.2) is 41.2 Å². The minimum atomic E-state index is -2.88. The number of methoxy groups -OCH3 is 1. The van der Waals surface area contributed by atoms with Gasteiger partial charge in [0.1, 0.15) is 11.4 Å². The number of hydrogen-bond donors (Lipinski definition) is 1. The van der Waals surface area contributed by atoms with Crippen molar-refractivity contribution in [3.8, 4) is 5.75 Å². The summed E-state index contributed by atoms with van der Waals surface area (Å²) in [5.74, 6) is -0.420. The standard InChI is InChI=1S/C16H17F2N3O4/c1-24-9-8-21-14(22)7-6-13(20-21)15(23)19-10-11-2-4-12(5-3-11)25-16(17)18/h2-7,16H,8-10H2,1H3,(H,19,23). The van der Waals surface area contributed by atoms with Gasteiger partial charge in [-0.25, -0.2) is 4.68 Å². The van der Waals surface area contributed by atoms with Crippen molar-refractivity contribution in [3.63, 3.8) is 0 Å². The number of rotatable bonds is 8. The lowest BCUT2D eigenvalue weighted by Crippen LogP contribution is -2.30. The fourth-order valence-corrected chi connectivity index (χ4v) is 1.97. The third-order valence-electron chi connectivity index (χ3n) is 3.21. The Bertz CT molecular complexity index is 763. The topological polar surface area (TPSA) is 82.5 Å². The van der Waals surface area contributed by atoms with Gasteiger partial charge in [-0.05, 0) is 23.8 Å². The fraction of sp³-hybridized carbons (Fsp3) is 0.312. The van der Waals surface area contributed by atoms with Crippen LogP contribution in [0.1, 0.15) is 16.1 Å². The molecule has 0 aliphatic carbocycles. The van der Waals surface area contributed by atoms with E-state index in [-0.39, 0.29) is 30.1 Å². The summed E-state index contributed by atoms with van der Waals surface area (Å²) in [7, 11) is 1.50. The number of ether oxygens (including phenoxy) is 2. The summed E-state index contributed by atoms with van der Waals surface area (Å²) in [6, 6.07) is 8.48. The molecule has 0 radical (unpaired) electrons. The molecule has 0 aliphatic rings. The average molecular weight is 353 g/mol. The predicted molar refractivity (Wildman–Crippen MR) is 84.6 cm³/mol. The maximum Gasteiger partial charge on any atom is 0.387 e. The largest absolute Gasteiger partial charge is 0.435 e. The molecule has 0 saturated heterocycles. The second kappa shape index (κ2) is 8.88. The lowest BCUT2D eigenvalue weighted by molar-refractivity contribution is -0.0498. The van der Waals surface area contributed by atoms with Crippen molar-refractivity contribution < 1.29 is 23.0 Å². The summed E-state index contributed by atoms with van der Waals surface area (Å²) in [4.78, 5) is 23.8. The van der Waals surface area contributed by atoms with Gasteiger partial charge in [0.15, 0.2) is 0 Å². The number of carbonyl (C=O) groups excluding carboxylic acids is 1. The Morgan fingerprint density at radius 3 is 2.60 bits per heavy atom. The average Bonchev–Trinajstić information content (AvgIpc) is 2.59. The van der Waals surface area contributed by atoms with Crippen LogP contribution in [0.5, 0.6) is 5.75 Å². The van der Waals surface area contributed by atoms with Crippen LogP contribution in [0, 0.1) is 0 Å². The van der Waals surface area contributed by atoms with Crippen molar-refractivity contribution in [2.24, 2.45) is 0 Å². The molecule has 9 heteroatoms. The highest BCUT2D eigenvalue weighted by Gasteiger charge is 2.10. The normalized spacial score (nSPS) is 10.7. The smallest absolute Gasteiger partial charge is 0.387 e. The number of alkyl halides is 2. The highest BCUT2D eigenvalue weighted by Crippen LogP contribution is 2.14. The molecular formula is C16H17F2N3O4. The van der Waals surface area contributed by atoms with Crippen LogP contribution in [-0.2, 0) is 17.8 Å². The Morgan fingerprint density at radius 2 is 1.96 bits per heavy atom. The van der Waals surface area contributed by atoms with Crippen LogP contribution in [-0.4, -0.2) is 36.0 Å². The van der Waals surface area contributed by atoms with E-state index in [0.717, 1.165) is 4.68 Å².